The SMILES string of the molecule is CCOC(=O)c1[nH]c(C)c(C(=O)N2CCN(S(=O)(=O)c3ccc(Cl)cc3)CC2)c1C. The van der Waals surface area contributed by atoms with E-state index in [9.17, 15) is 18.0 Å². The molecule has 0 aliphatic carbocycles. The summed E-state index contributed by atoms with van der Waals surface area (Å²) >= 11 is 5.84. The minimum absolute atomic E-state index is 0.170. The lowest BCUT2D eigenvalue weighted by molar-refractivity contribution is 0.0519. The molecule has 1 saturated heterocycles. The third-order valence-corrected chi connectivity index (χ3v) is 7.27. The molecule has 8 nitrogen and oxygen atoms in total. The predicted octanol–water partition coefficient (Wildman–Crippen LogP) is 2.61. The molecule has 0 atom stereocenters. The molecule has 0 bridgehead atoms. The van der Waals surface area contributed by atoms with Crippen LogP contribution < -0.4 is 0 Å². The second-order valence-corrected chi connectivity index (χ2v) is 9.37. The van der Waals surface area contributed by atoms with Gasteiger partial charge >= 0.3 is 5.97 Å². The molecule has 1 aliphatic rings. The molecule has 0 radical (unpaired) electrons. The number of nitrogens with zero attached hydrogens (tertiary/aromatic N) is 2. The molecule has 30 heavy (non-hydrogen) atoms. The fraction of sp³-hybridized carbons (Fsp3) is 0.400. The number of amides is 1. The zero-order valence-corrected chi connectivity index (χ0v) is 18.6. The molecule has 1 aromatic heterocycles. The monoisotopic (exact) mass is 453 g/mol. The Hall–Kier alpha value is -2.36. The number of aryl methyl sites for hydroxylation is 1. The first-order chi connectivity index (χ1) is 14.2. The fourth-order valence-electron chi connectivity index (χ4n) is 3.52. The van der Waals surface area contributed by atoms with Crippen LogP contribution in [0.3, 0.4) is 0 Å². The molecule has 2 heterocycles. The van der Waals surface area contributed by atoms with Crippen LogP contribution in [0, 0.1) is 13.8 Å². The van der Waals surface area contributed by atoms with Crippen LogP contribution in [0.15, 0.2) is 29.2 Å². The van der Waals surface area contributed by atoms with E-state index in [1.807, 2.05) is 0 Å². The van der Waals surface area contributed by atoms with Crippen LogP contribution in [0.1, 0.15) is 39.0 Å². The number of ether oxygens (including phenoxy) is 1. The topological polar surface area (TPSA) is 99.8 Å². The average Bonchev–Trinajstić information content (AvgIpc) is 3.02. The number of hydrogen-bond acceptors (Lipinski definition) is 5. The molecule has 3 rings (SSSR count). The van der Waals surface area contributed by atoms with Crippen molar-refractivity contribution in [2.45, 2.75) is 25.7 Å². The van der Waals surface area contributed by atoms with E-state index < -0.39 is 16.0 Å². The second-order valence-electron chi connectivity index (χ2n) is 7.00. The van der Waals surface area contributed by atoms with E-state index in [1.54, 1.807) is 25.7 Å². The van der Waals surface area contributed by atoms with Crippen LogP contribution in [0.25, 0.3) is 0 Å². The summed E-state index contributed by atoms with van der Waals surface area (Å²) in [5.74, 6) is -0.739. The molecule has 1 aliphatic heterocycles. The minimum atomic E-state index is -3.65. The highest BCUT2D eigenvalue weighted by atomic mass is 35.5. The third-order valence-electron chi connectivity index (χ3n) is 5.11. The van der Waals surface area contributed by atoms with Gasteiger partial charge in [-0.3, -0.25) is 4.79 Å². The number of H-pyrrole nitrogens is 1. The van der Waals surface area contributed by atoms with E-state index in [1.165, 1.54) is 28.6 Å². The van der Waals surface area contributed by atoms with Gasteiger partial charge in [0.05, 0.1) is 17.1 Å². The minimum Gasteiger partial charge on any atom is -0.461 e. The second kappa shape index (κ2) is 8.79. The number of hydrogen-bond donors (Lipinski definition) is 1. The molecule has 0 unspecified atom stereocenters. The Bertz CT molecular complexity index is 1050. The molecule has 1 amide bonds. The number of carbonyl (C=O) groups is 2. The molecular formula is C20H24ClN3O5S. The van der Waals surface area contributed by atoms with Crippen molar-refractivity contribution in [1.29, 1.82) is 0 Å². The highest BCUT2D eigenvalue weighted by Crippen LogP contribution is 2.23. The van der Waals surface area contributed by atoms with E-state index >= 15 is 0 Å². The van der Waals surface area contributed by atoms with Gasteiger partial charge in [-0.25, -0.2) is 13.2 Å². The molecular weight excluding hydrogens is 430 g/mol. The standard InChI is InChI=1S/C20H24ClN3O5S/c1-4-29-20(26)18-13(2)17(14(3)22-18)19(25)23-9-11-24(12-10-23)30(27,28)16-7-5-15(21)6-8-16/h5-8,22H,4,9-12H2,1-3H3. The number of sulfonamides is 1. The number of rotatable bonds is 5. The lowest BCUT2D eigenvalue weighted by atomic mass is 10.1. The average molecular weight is 454 g/mol. The summed E-state index contributed by atoms with van der Waals surface area (Å²) in [4.78, 5) is 29.9. The highest BCUT2D eigenvalue weighted by Gasteiger charge is 2.32. The fourth-order valence-corrected chi connectivity index (χ4v) is 5.07. The van der Waals surface area contributed by atoms with E-state index in [0.29, 0.717) is 21.8 Å². The molecule has 0 saturated carbocycles. The Kier molecular flexibility index (Phi) is 6.54. The number of aromatic nitrogens is 1. The molecule has 1 fully saturated rings. The van der Waals surface area contributed by atoms with Gasteiger partial charge in [0.15, 0.2) is 0 Å². The first kappa shape index (κ1) is 22.3. The summed E-state index contributed by atoms with van der Waals surface area (Å²) in [6.07, 6.45) is 0. The summed E-state index contributed by atoms with van der Waals surface area (Å²) in [6.45, 7) is 6.26. The van der Waals surface area contributed by atoms with Crippen LogP contribution in [0.4, 0.5) is 0 Å². The summed E-state index contributed by atoms with van der Waals surface area (Å²) < 4.78 is 32.0. The molecule has 10 heteroatoms. The number of carbonyl (C=O) groups excluding carboxylic acids is 2. The lowest BCUT2D eigenvalue weighted by Gasteiger charge is -2.34. The normalized spacial score (nSPS) is 15.3. The summed E-state index contributed by atoms with van der Waals surface area (Å²) in [6, 6.07) is 6.01. The van der Waals surface area contributed by atoms with Crippen molar-refractivity contribution in [2.75, 3.05) is 32.8 Å². The first-order valence-corrected chi connectivity index (χ1v) is 11.4. The zero-order valence-electron chi connectivity index (χ0n) is 17.1. The smallest absolute Gasteiger partial charge is 0.355 e. The first-order valence-electron chi connectivity index (χ1n) is 9.58. The van der Waals surface area contributed by atoms with Crippen LogP contribution in [-0.2, 0) is 14.8 Å². The van der Waals surface area contributed by atoms with Crippen LogP contribution >= 0.6 is 11.6 Å². The zero-order chi connectivity index (χ0) is 22.1. The molecule has 0 spiro atoms. The van der Waals surface area contributed by atoms with Crippen molar-refractivity contribution < 1.29 is 22.7 Å². The maximum absolute atomic E-state index is 13.1. The van der Waals surface area contributed by atoms with Gasteiger partial charge in [-0.1, -0.05) is 11.6 Å². The van der Waals surface area contributed by atoms with E-state index in [-0.39, 0.29) is 49.3 Å². The summed E-state index contributed by atoms with van der Waals surface area (Å²) in [5.41, 5.74) is 1.80. The van der Waals surface area contributed by atoms with Crippen molar-refractivity contribution >= 4 is 33.5 Å². The maximum atomic E-state index is 13.1. The van der Waals surface area contributed by atoms with E-state index in [4.69, 9.17) is 16.3 Å². The van der Waals surface area contributed by atoms with Crippen molar-refractivity contribution in [2.24, 2.45) is 0 Å². The van der Waals surface area contributed by atoms with Gasteiger partial charge in [0.25, 0.3) is 5.91 Å². The van der Waals surface area contributed by atoms with Gasteiger partial charge in [-0.05, 0) is 50.6 Å². The molecule has 1 N–H and O–H groups in total. The largest absolute Gasteiger partial charge is 0.461 e. The highest BCUT2D eigenvalue weighted by molar-refractivity contribution is 7.89. The Labute approximate surface area is 180 Å². The Morgan fingerprint density at radius 2 is 1.70 bits per heavy atom. The van der Waals surface area contributed by atoms with Crippen molar-refractivity contribution in [3.05, 3.63) is 51.8 Å². The van der Waals surface area contributed by atoms with E-state index in [2.05, 4.69) is 4.98 Å². The molecule has 162 valence electrons. The Morgan fingerprint density at radius 3 is 2.27 bits per heavy atom. The van der Waals surface area contributed by atoms with Crippen LogP contribution in [0.5, 0.6) is 0 Å². The van der Waals surface area contributed by atoms with Gasteiger partial charge in [0.1, 0.15) is 5.69 Å². The lowest BCUT2D eigenvalue weighted by Crippen LogP contribution is -2.50. The van der Waals surface area contributed by atoms with Gasteiger partial charge < -0.3 is 14.6 Å². The number of piperazine rings is 1. The van der Waals surface area contributed by atoms with E-state index in [0.717, 1.165) is 0 Å². The number of esters is 1. The van der Waals surface area contributed by atoms with Gasteiger partial charge in [-0.2, -0.15) is 4.31 Å². The van der Waals surface area contributed by atoms with Crippen molar-refractivity contribution in [1.82, 2.24) is 14.2 Å². The quantitative estimate of drug-likeness (QED) is 0.701. The van der Waals surface area contributed by atoms with Gasteiger partial charge in [0, 0.05) is 36.9 Å². The van der Waals surface area contributed by atoms with Gasteiger partial charge in [0.2, 0.25) is 10.0 Å². The van der Waals surface area contributed by atoms with Crippen LogP contribution in [-0.4, -0.2) is 67.3 Å². The van der Waals surface area contributed by atoms with Gasteiger partial charge in [-0.15, -0.1) is 0 Å². The molecule has 2 aromatic rings. The van der Waals surface area contributed by atoms with Crippen LogP contribution in [0.2, 0.25) is 5.02 Å². The molecule has 1 aromatic carbocycles. The third kappa shape index (κ3) is 4.23. The number of halogens is 1. The van der Waals surface area contributed by atoms with Crippen molar-refractivity contribution in [3.8, 4) is 0 Å². The Morgan fingerprint density at radius 1 is 1.10 bits per heavy atom. The predicted molar refractivity (Wildman–Crippen MR) is 112 cm³/mol. The number of nitrogens with one attached hydrogen (secondary N) is 1. The maximum Gasteiger partial charge on any atom is 0.355 e. The number of aromatic amines is 1. The summed E-state index contributed by atoms with van der Waals surface area (Å²) in [5, 5.41) is 0.462. The number of benzene rings is 1. The Balaban J connectivity index is 1.73. The summed E-state index contributed by atoms with van der Waals surface area (Å²) in [7, 11) is -3.65. The van der Waals surface area contributed by atoms with Crippen molar-refractivity contribution in [3.63, 3.8) is 0 Å².